The van der Waals surface area contributed by atoms with E-state index in [1.54, 1.807) is 0 Å². The van der Waals surface area contributed by atoms with Crippen LogP contribution in [0.1, 0.15) is 19.8 Å². The van der Waals surface area contributed by atoms with E-state index >= 15 is 0 Å². The molecule has 1 fully saturated rings. The Hall–Kier alpha value is -1.30. The molecule has 0 radical (unpaired) electrons. The monoisotopic (exact) mass is 214 g/mol. The van der Waals surface area contributed by atoms with Gasteiger partial charge in [-0.05, 0) is 26.3 Å². The Kier molecular flexibility index (Phi) is 3.90. The molecule has 0 bridgehead atoms. The highest BCUT2D eigenvalue weighted by atomic mass is 16.2. The Morgan fingerprint density at radius 2 is 2.07 bits per heavy atom. The second-order valence-electron chi connectivity index (χ2n) is 3.91. The molecule has 1 rings (SSSR count). The second kappa shape index (κ2) is 4.97. The first kappa shape index (κ1) is 11.8. The molecule has 1 unspecified atom stereocenters. The van der Waals surface area contributed by atoms with Crippen LogP contribution in [0, 0.1) is 0 Å². The zero-order valence-electron chi connectivity index (χ0n) is 8.93. The molecule has 86 valence electrons. The fraction of sp³-hybridized carbons (Fsp3) is 0.778. The minimum Gasteiger partial charge on any atom is -0.353 e. The molecule has 6 nitrogen and oxygen atoms in total. The SMILES string of the molecule is CC1(C(=O)NCCNC(N)=O)CCCN1. The molecule has 0 saturated carbocycles. The van der Waals surface area contributed by atoms with E-state index in [0.717, 1.165) is 19.4 Å². The summed E-state index contributed by atoms with van der Waals surface area (Å²) >= 11 is 0. The summed E-state index contributed by atoms with van der Waals surface area (Å²) in [5.74, 6) is -0.0220. The van der Waals surface area contributed by atoms with Gasteiger partial charge in [0.05, 0.1) is 5.54 Å². The number of hydrogen-bond donors (Lipinski definition) is 4. The molecule has 1 aliphatic rings. The molecule has 0 aromatic heterocycles. The maximum absolute atomic E-state index is 11.7. The molecule has 6 heteroatoms. The predicted octanol–water partition coefficient (Wildman–Crippen LogP) is -1.09. The number of carbonyl (C=O) groups excluding carboxylic acids is 2. The average molecular weight is 214 g/mol. The number of hydrogen-bond acceptors (Lipinski definition) is 3. The van der Waals surface area contributed by atoms with Crippen molar-refractivity contribution in [3.8, 4) is 0 Å². The van der Waals surface area contributed by atoms with Crippen molar-refractivity contribution >= 4 is 11.9 Å². The molecule has 0 aliphatic carbocycles. The largest absolute Gasteiger partial charge is 0.353 e. The summed E-state index contributed by atoms with van der Waals surface area (Å²) in [6.07, 6.45) is 1.87. The quantitative estimate of drug-likeness (QED) is 0.448. The molecule has 1 heterocycles. The maximum Gasteiger partial charge on any atom is 0.312 e. The van der Waals surface area contributed by atoms with E-state index in [4.69, 9.17) is 5.73 Å². The summed E-state index contributed by atoms with van der Waals surface area (Å²) in [6.45, 7) is 3.52. The smallest absolute Gasteiger partial charge is 0.312 e. The zero-order chi connectivity index (χ0) is 11.3. The van der Waals surface area contributed by atoms with Gasteiger partial charge in [-0.3, -0.25) is 4.79 Å². The van der Waals surface area contributed by atoms with Crippen molar-refractivity contribution in [2.24, 2.45) is 5.73 Å². The van der Waals surface area contributed by atoms with Crippen molar-refractivity contribution in [3.05, 3.63) is 0 Å². The summed E-state index contributed by atoms with van der Waals surface area (Å²) in [6, 6.07) is -0.575. The fourth-order valence-corrected chi connectivity index (χ4v) is 1.65. The lowest BCUT2D eigenvalue weighted by Gasteiger charge is -2.22. The van der Waals surface area contributed by atoms with Gasteiger partial charge >= 0.3 is 6.03 Å². The number of primary amides is 1. The van der Waals surface area contributed by atoms with E-state index < -0.39 is 11.6 Å². The van der Waals surface area contributed by atoms with Crippen LogP contribution < -0.4 is 21.7 Å². The molecule has 0 spiro atoms. The van der Waals surface area contributed by atoms with E-state index in [0.29, 0.717) is 13.1 Å². The predicted molar refractivity (Wildman–Crippen MR) is 56.2 cm³/mol. The van der Waals surface area contributed by atoms with Crippen LogP contribution in [0.4, 0.5) is 4.79 Å². The Morgan fingerprint density at radius 3 is 2.60 bits per heavy atom. The minimum absolute atomic E-state index is 0.0220. The molecule has 0 aromatic carbocycles. The molecule has 1 atom stereocenters. The third kappa shape index (κ3) is 3.39. The molecular weight excluding hydrogens is 196 g/mol. The van der Waals surface area contributed by atoms with Gasteiger partial charge in [-0.25, -0.2) is 4.79 Å². The van der Waals surface area contributed by atoms with E-state index in [1.165, 1.54) is 0 Å². The van der Waals surface area contributed by atoms with Crippen LogP contribution in [0.3, 0.4) is 0 Å². The van der Waals surface area contributed by atoms with Crippen molar-refractivity contribution in [2.75, 3.05) is 19.6 Å². The fourth-order valence-electron chi connectivity index (χ4n) is 1.65. The Bertz CT molecular complexity index is 248. The first-order valence-electron chi connectivity index (χ1n) is 5.11. The van der Waals surface area contributed by atoms with Gasteiger partial charge in [0.25, 0.3) is 0 Å². The minimum atomic E-state index is -0.575. The molecule has 15 heavy (non-hydrogen) atoms. The van der Waals surface area contributed by atoms with Crippen LogP contribution >= 0.6 is 0 Å². The normalized spacial score (nSPS) is 24.9. The van der Waals surface area contributed by atoms with Crippen molar-refractivity contribution in [1.82, 2.24) is 16.0 Å². The maximum atomic E-state index is 11.7. The van der Waals surface area contributed by atoms with Crippen LogP contribution in [0.5, 0.6) is 0 Å². The van der Waals surface area contributed by atoms with E-state index in [9.17, 15) is 9.59 Å². The highest BCUT2D eigenvalue weighted by molar-refractivity contribution is 5.86. The Balaban J connectivity index is 2.21. The summed E-state index contributed by atoms with van der Waals surface area (Å²) in [4.78, 5) is 22.0. The Morgan fingerprint density at radius 1 is 1.40 bits per heavy atom. The van der Waals surface area contributed by atoms with E-state index in [2.05, 4.69) is 16.0 Å². The first-order valence-corrected chi connectivity index (χ1v) is 5.11. The van der Waals surface area contributed by atoms with Gasteiger partial charge in [0.15, 0.2) is 0 Å². The molecule has 3 amide bonds. The first-order chi connectivity index (χ1) is 7.04. The van der Waals surface area contributed by atoms with Gasteiger partial charge in [0, 0.05) is 13.1 Å². The summed E-state index contributed by atoms with van der Waals surface area (Å²) in [7, 11) is 0. The van der Waals surface area contributed by atoms with Gasteiger partial charge in [0.1, 0.15) is 0 Å². The third-order valence-electron chi connectivity index (χ3n) is 2.58. The van der Waals surface area contributed by atoms with Gasteiger partial charge in [0.2, 0.25) is 5.91 Å². The summed E-state index contributed by atoms with van der Waals surface area (Å²) in [5.41, 5.74) is 4.43. The van der Waals surface area contributed by atoms with Gasteiger partial charge in [-0.2, -0.15) is 0 Å². The molecule has 5 N–H and O–H groups in total. The lowest BCUT2D eigenvalue weighted by molar-refractivity contribution is -0.126. The lowest BCUT2D eigenvalue weighted by atomic mass is 9.99. The summed E-state index contributed by atoms with van der Waals surface area (Å²) in [5, 5.41) is 8.31. The van der Waals surface area contributed by atoms with Crippen molar-refractivity contribution in [3.63, 3.8) is 0 Å². The van der Waals surface area contributed by atoms with Gasteiger partial charge < -0.3 is 21.7 Å². The topological polar surface area (TPSA) is 96.2 Å². The highest BCUT2D eigenvalue weighted by Crippen LogP contribution is 2.17. The standard InChI is InChI=1S/C9H18N4O2/c1-9(3-2-4-13-9)7(14)11-5-6-12-8(10)15/h13H,2-6H2,1H3,(H,11,14)(H3,10,12,15). The number of amides is 3. The van der Waals surface area contributed by atoms with Crippen molar-refractivity contribution in [1.29, 1.82) is 0 Å². The van der Waals surface area contributed by atoms with E-state index in [1.807, 2.05) is 6.92 Å². The van der Waals surface area contributed by atoms with Crippen LogP contribution in [0.15, 0.2) is 0 Å². The van der Waals surface area contributed by atoms with Crippen LogP contribution in [-0.2, 0) is 4.79 Å². The Labute approximate surface area is 89.0 Å². The number of urea groups is 1. The molecule has 1 aliphatic heterocycles. The van der Waals surface area contributed by atoms with Gasteiger partial charge in [-0.15, -0.1) is 0 Å². The van der Waals surface area contributed by atoms with Gasteiger partial charge in [-0.1, -0.05) is 0 Å². The number of nitrogens with one attached hydrogen (secondary N) is 3. The highest BCUT2D eigenvalue weighted by Gasteiger charge is 2.35. The average Bonchev–Trinajstić information content (AvgIpc) is 2.60. The molecule has 0 aromatic rings. The molecular formula is C9H18N4O2. The van der Waals surface area contributed by atoms with Crippen LogP contribution in [0.2, 0.25) is 0 Å². The van der Waals surface area contributed by atoms with Crippen LogP contribution in [0.25, 0.3) is 0 Å². The number of rotatable bonds is 4. The molecule has 1 saturated heterocycles. The number of nitrogens with two attached hydrogens (primary N) is 1. The zero-order valence-corrected chi connectivity index (χ0v) is 8.93. The summed E-state index contributed by atoms with van der Waals surface area (Å²) < 4.78 is 0. The lowest BCUT2D eigenvalue weighted by Crippen LogP contribution is -2.52. The van der Waals surface area contributed by atoms with Crippen molar-refractivity contribution in [2.45, 2.75) is 25.3 Å². The van der Waals surface area contributed by atoms with Crippen molar-refractivity contribution < 1.29 is 9.59 Å². The van der Waals surface area contributed by atoms with Crippen LogP contribution in [-0.4, -0.2) is 37.1 Å². The second-order valence-corrected chi connectivity index (χ2v) is 3.91. The number of carbonyl (C=O) groups is 2. The van der Waals surface area contributed by atoms with E-state index in [-0.39, 0.29) is 5.91 Å². The third-order valence-corrected chi connectivity index (χ3v) is 2.58.